The second-order valence-corrected chi connectivity index (χ2v) is 3.24. The second-order valence-electron chi connectivity index (χ2n) is 3.24. The van der Waals surface area contributed by atoms with Crippen molar-refractivity contribution in [2.75, 3.05) is 0 Å². The summed E-state index contributed by atoms with van der Waals surface area (Å²) in [5, 5.41) is 18.4. The topological polar surface area (TPSA) is 67.9 Å². The molecule has 5 heteroatoms. The van der Waals surface area contributed by atoms with Gasteiger partial charge in [0.05, 0.1) is 16.3 Å². The van der Waals surface area contributed by atoms with Crippen molar-refractivity contribution in [1.82, 2.24) is 0 Å². The summed E-state index contributed by atoms with van der Waals surface area (Å²) in [5.74, 6) is 0. The van der Waals surface area contributed by atoms with Gasteiger partial charge in [-0.2, -0.15) is 10.2 Å². The quantitative estimate of drug-likeness (QED) is 0.453. The molecule has 0 N–H and O–H groups in total. The normalized spacial score (nSPS) is 10.6. The first-order chi connectivity index (χ1) is 8.25. The summed E-state index contributed by atoms with van der Waals surface area (Å²) < 4.78 is 0. The number of non-ortho nitro benzene ring substituents is 1. The van der Waals surface area contributed by atoms with Crippen molar-refractivity contribution in [3.63, 3.8) is 0 Å². The molecule has 5 nitrogen and oxygen atoms in total. The molecular formula is C12H8N3O2. The first-order valence-electron chi connectivity index (χ1n) is 4.88. The van der Waals surface area contributed by atoms with Crippen molar-refractivity contribution >= 4 is 17.1 Å². The molecule has 0 saturated heterocycles. The average molecular weight is 226 g/mol. The fourth-order valence-electron chi connectivity index (χ4n) is 1.23. The largest absolute Gasteiger partial charge is 0.271 e. The lowest BCUT2D eigenvalue weighted by molar-refractivity contribution is -0.384. The molecule has 2 aromatic rings. The van der Waals surface area contributed by atoms with Gasteiger partial charge in [0.2, 0.25) is 0 Å². The average Bonchev–Trinajstić information content (AvgIpc) is 2.38. The highest BCUT2D eigenvalue weighted by molar-refractivity contribution is 5.47. The van der Waals surface area contributed by atoms with E-state index in [9.17, 15) is 10.1 Å². The van der Waals surface area contributed by atoms with Crippen LogP contribution in [-0.4, -0.2) is 4.92 Å². The fourth-order valence-corrected chi connectivity index (χ4v) is 1.23. The summed E-state index contributed by atoms with van der Waals surface area (Å²) in [5.41, 5.74) is 1.13. The first kappa shape index (κ1) is 10.9. The Hall–Kier alpha value is -2.56. The van der Waals surface area contributed by atoms with Gasteiger partial charge >= 0.3 is 0 Å². The SMILES string of the molecule is O=[N+]([O-])c1cccc(/N=N/c2cc[c]cc2)c1. The maximum Gasteiger partial charge on any atom is 0.271 e. The maximum absolute atomic E-state index is 10.6. The van der Waals surface area contributed by atoms with Gasteiger partial charge in [-0.25, -0.2) is 0 Å². The summed E-state index contributed by atoms with van der Waals surface area (Å²) in [7, 11) is 0. The lowest BCUT2D eigenvalue weighted by Gasteiger charge is -1.93. The van der Waals surface area contributed by atoms with Gasteiger partial charge in [-0.05, 0) is 24.3 Å². The smallest absolute Gasteiger partial charge is 0.258 e. The molecule has 2 aromatic carbocycles. The van der Waals surface area contributed by atoms with Crippen LogP contribution in [0.5, 0.6) is 0 Å². The van der Waals surface area contributed by atoms with Crippen LogP contribution >= 0.6 is 0 Å². The number of benzene rings is 2. The molecule has 0 spiro atoms. The van der Waals surface area contributed by atoms with Crippen LogP contribution in [0.25, 0.3) is 0 Å². The van der Waals surface area contributed by atoms with Crippen molar-refractivity contribution in [3.8, 4) is 0 Å². The van der Waals surface area contributed by atoms with E-state index in [0.717, 1.165) is 0 Å². The van der Waals surface area contributed by atoms with Gasteiger partial charge in [-0.3, -0.25) is 10.1 Å². The molecule has 1 radical (unpaired) electrons. The zero-order valence-electron chi connectivity index (χ0n) is 8.78. The van der Waals surface area contributed by atoms with Crippen molar-refractivity contribution in [3.05, 3.63) is 64.7 Å². The van der Waals surface area contributed by atoms with Crippen LogP contribution in [0.1, 0.15) is 0 Å². The molecule has 83 valence electrons. The van der Waals surface area contributed by atoms with Gasteiger partial charge < -0.3 is 0 Å². The molecule has 0 unspecified atom stereocenters. The highest BCUT2D eigenvalue weighted by atomic mass is 16.6. The zero-order chi connectivity index (χ0) is 12.1. The molecule has 0 aromatic heterocycles. The van der Waals surface area contributed by atoms with Crippen LogP contribution < -0.4 is 0 Å². The standard InChI is InChI=1S/C12H8N3O2/c16-15(17)12-8-4-7-11(9-12)14-13-10-5-2-1-3-6-10/h2-9H/b14-13+. The monoisotopic (exact) mass is 226 g/mol. The van der Waals surface area contributed by atoms with E-state index in [4.69, 9.17) is 0 Å². The van der Waals surface area contributed by atoms with Crippen molar-refractivity contribution < 1.29 is 4.92 Å². The highest BCUT2D eigenvalue weighted by Gasteiger charge is 2.04. The lowest BCUT2D eigenvalue weighted by atomic mass is 10.3. The summed E-state index contributed by atoms with van der Waals surface area (Å²) in [6, 6.07) is 15.8. The number of nitro benzene ring substituents is 1. The fraction of sp³-hybridized carbons (Fsp3) is 0. The summed E-state index contributed by atoms with van der Waals surface area (Å²) in [4.78, 5) is 10.1. The van der Waals surface area contributed by atoms with Crippen LogP contribution in [-0.2, 0) is 0 Å². The van der Waals surface area contributed by atoms with E-state index in [1.165, 1.54) is 12.1 Å². The van der Waals surface area contributed by atoms with Crippen molar-refractivity contribution in [1.29, 1.82) is 0 Å². The minimum Gasteiger partial charge on any atom is -0.258 e. The predicted molar refractivity (Wildman–Crippen MR) is 62.6 cm³/mol. The molecule has 0 saturated carbocycles. The van der Waals surface area contributed by atoms with Crippen LogP contribution in [0.4, 0.5) is 17.1 Å². The predicted octanol–water partition coefficient (Wildman–Crippen LogP) is 3.81. The van der Waals surface area contributed by atoms with Gasteiger partial charge in [0.25, 0.3) is 5.69 Å². The Kier molecular flexibility index (Phi) is 3.20. The Labute approximate surface area is 97.6 Å². The number of rotatable bonds is 3. The molecule has 0 atom stereocenters. The van der Waals surface area contributed by atoms with E-state index in [1.54, 1.807) is 36.4 Å². The Balaban J connectivity index is 2.22. The number of hydrogen-bond donors (Lipinski definition) is 0. The summed E-state index contributed by atoms with van der Waals surface area (Å²) in [6.45, 7) is 0. The second kappa shape index (κ2) is 4.98. The number of azo groups is 1. The molecule has 0 bridgehead atoms. The Morgan fingerprint density at radius 2 is 1.76 bits per heavy atom. The Morgan fingerprint density at radius 3 is 2.47 bits per heavy atom. The molecule has 0 aliphatic carbocycles. The van der Waals surface area contributed by atoms with Crippen molar-refractivity contribution in [2.24, 2.45) is 10.2 Å². The van der Waals surface area contributed by atoms with E-state index in [-0.39, 0.29) is 5.69 Å². The molecule has 0 aliphatic rings. The third-order valence-corrected chi connectivity index (χ3v) is 2.02. The van der Waals surface area contributed by atoms with Gasteiger partial charge in [0.15, 0.2) is 0 Å². The van der Waals surface area contributed by atoms with Gasteiger partial charge in [0.1, 0.15) is 0 Å². The lowest BCUT2D eigenvalue weighted by Crippen LogP contribution is -1.85. The number of nitro groups is 1. The van der Waals surface area contributed by atoms with Gasteiger partial charge in [-0.15, -0.1) is 0 Å². The molecule has 17 heavy (non-hydrogen) atoms. The minimum atomic E-state index is -0.462. The Morgan fingerprint density at radius 1 is 1.06 bits per heavy atom. The number of nitrogens with zero attached hydrogens (tertiary/aromatic N) is 3. The third-order valence-electron chi connectivity index (χ3n) is 2.02. The van der Waals surface area contributed by atoms with Crippen LogP contribution in [0.3, 0.4) is 0 Å². The molecule has 0 heterocycles. The summed E-state index contributed by atoms with van der Waals surface area (Å²) in [6.07, 6.45) is 0. The van der Waals surface area contributed by atoms with E-state index >= 15 is 0 Å². The third kappa shape index (κ3) is 2.94. The Bertz CT molecular complexity index is 553. The molecule has 0 amide bonds. The van der Waals surface area contributed by atoms with Crippen LogP contribution in [0, 0.1) is 16.2 Å². The minimum absolute atomic E-state index is 0.00263. The molecular weight excluding hydrogens is 218 g/mol. The maximum atomic E-state index is 10.6. The van der Waals surface area contributed by atoms with E-state index in [2.05, 4.69) is 16.3 Å². The van der Waals surface area contributed by atoms with E-state index in [0.29, 0.717) is 11.4 Å². The molecule has 0 fully saturated rings. The van der Waals surface area contributed by atoms with Gasteiger partial charge in [0, 0.05) is 12.1 Å². The van der Waals surface area contributed by atoms with E-state index < -0.39 is 4.92 Å². The molecule has 2 rings (SSSR count). The highest BCUT2D eigenvalue weighted by Crippen LogP contribution is 2.22. The van der Waals surface area contributed by atoms with Crippen LogP contribution in [0.2, 0.25) is 0 Å². The van der Waals surface area contributed by atoms with Gasteiger partial charge in [-0.1, -0.05) is 18.2 Å². The zero-order valence-corrected chi connectivity index (χ0v) is 8.78. The van der Waals surface area contributed by atoms with Crippen molar-refractivity contribution in [2.45, 2.75) is 0 Å². The summed E-state index contributed by atoms with van der Waals surface area (Å²) >= 11 is 0. The van der Waals surface area contributed by atoms with Crippen LogP contribution in [0.15, 0.2) is 58.8 Å². The first-order valence-corrected chi connectivity index (χ1v) is 4.88. The van der Waals surface area contributed by atoms with E-state index in [1.807, 2.05) is 0 Å². The molecule has 0 aliphatic heterocycles. The number of hydrogen-bond acceptors (Lipinski definition) is 4.